The van der Waals surface area contributed by atoms with Crippen molar-refractivity contribution in [3.05, 3.63) is 252 Å². The molecule has 0 bridgehead atoms. The molecule has 140 heavy (non-hydrogen) atoms. The highest BCUT2D eigenvalue weighted by Crippen LogP contribution is 2.26. The van der Waals surface area contributed by atoms with Gasteiger partial charge in [0.2, 0.25) is 23.6 Å². The quantitative estimate of drug-likeness (QED) is 0.0125. The monoisotopic (exact) mass is 1930 g/mol. The van der Waals surface area contributed by atoms with Crippen molar-refractivity contribution in [1.29, 1.82) is 0 Å². The molecule has 0 fully saturated rings. The lowest BCUT2D eigenvalue weighted by Gasteiger charge is -2.25. The Hall–Kier alpha value is -14.8. The third kappa shape index (κ3) is 44.6. The number of nitrogens with one attached hydrogen (secondary N) is 4. The number of benzene rings is 8. The standard InChI is InChI=1S/2C53H61N3O14/c2*1-2-23-69-42-19-21-43(22-20-42)70-28-27-68-26-25-67-24-9-14-47(58)46(35-51(63)64)56-53(66)40(34-50(61)62)33-49(60)45(31-37-12-7-4-8-13-37)55-52(65)39(29-38-15-17-41(57)18-16-38)32-48(59)44(54)30-36-10-5-3-6-11-36/h2*1,3-8,10-13,15-22,39-40,44-46,57H,9,14,23-35,54H2,(H,55,65)(H,56,66)(H,61,62)(H,63,64)/t2*39-,40+,44+,45+,46+/m11/s1. The molecule has 0 unspecified atom stereocenters. The van der Waals surface area contributed by atoms with Crippen LogP contribution in [0, 0.1) is 48.4 Å². The van der Waals surface area contributed by atoms with Crippen LogP contribution in [0.25, 0.3) is 0 Å². The van der Waals surface area contributed by atoms with Gasteiger partial charge >= 0.3 is 23.9 Å². The molecule has 0 heterocycles. The molecule has 0 aromatic heterocycles. The maximum atomic E-state index is 14.2. The molecule has 744 valence electrons. The van der Waals surface area contributed by atoms with Gasteiger partial charge in [0.05, 0.1) is 113 Å². The number of aromatic hydroxyl groups is 2. The summed E-state index contributed by atoms with van der Waals surface area (Å²) in [4.78, 5) is 186. The van der Waals surface area contributed by atoms with E-state index in [0.717, 1.165) is 11.1 Å². The Morgan fingerprint density at radius 2 is 0.529 bits per heavy atom. The minimum atomic E-state index is -1.57. The Labute approximate surface area is 812 Å². The van der Waals surface area contributed by atoms with Crippen molar-refractivity contribution in [3.8, 4) is 59.2 Å². The van der Waals surface area contributed by atoms with E-state index in [0.29, 0.717) is 45.3 Å². The van der Waals surface area contributed by atoms with Gasteiger partial charge < -0.3 is 101 Å². The van der Waals surface area contributed by atoms with Gasteiger partial charge in [0.15, 0.2) is 34.7 Å². The van der Waals surface area contributed by atoms with Crippen LogP contribution in [-0.2, 0) is 125 Å². The highest BCUT2D eigenvalue weighted by Gasteiger charge is 2.38. The number of Topliss-reactive ketones (excluding diaryl/α,β-unsaturated/α-hetero) is 6. The molecule has 10 atom stereocenters. The van der Waals surface area contributed by atoms with Crippen LogP contribution in [0.2, 0.25) is 0 Å². The molecule has 34 nitrogen and oxygen atoms in total. The predicted octanol–water partition coefficient (Wildman–Crippen LogP) is 8.58. The summed E-state index contributed by atoms with van der Waals surface area (Å²) in [6.45, 7) is 2.52. The number of ketones is 6. The van der Waals surface area contributed by atoms with Crippen molar-refractivity contribution in [2.45, 2.75) is 152 Å². The van der Waals surface area contributed by atoms with Gasteiger partial charge in [-0.2, -0.15) is 0 Å². The second-order valence-electron chi connectivity index (χ2n) is 33.0. The van der Waals surface area contributed by atoms with Gasteiger partial charge in [-0.3, -0.25) is 67.1 Å². The first kappa shape index (κ1) is 112. The zero-order chi connectivity index (χ0) is 101. The van der Waals surface area contributed by atoms with Gasteiger partial charge in [-0.05, 0) is 158 Å². The van der Waals surface area contributed by atoms with E-state index in [2.05, 4.69) is 33.1 Å². The van der Waals surface area contributed by atoms with E-state index in [1.807, 2.05) is 60.7 Å². The van der Waals surface area contributed by atoms with Crippen molar-refractivity contribution in [2.24, 2.45) is 35.1 Å². The molecule has 4 amide bonds. The molecule has 0 radical (unpaired) electrons. The van der Waals surface area contributed by atoms with E-state index in [9.17, 15) is 97.8 Å². The van der Waals surface area contributed by atoms with E-state index >= 15 is 0 Å². The fourth-order valence-corrected chi connectivity index (χ4v) is 14.6. The van der Waals surface area contributed by atoms with Crippen LogP contribution < -0.4 is 51.7 Å². The van der Waals surface area contributed by atoms with Crippen molar-refractivity contribution in [2.75, 3.05) is 79.3 Å². The molecule has 8 rings (SSSR count). The molecule has 0 aliphatic rings. The fraction of sp³-hybridized carbons (Fsp3) is 0.377. The predicted molar refractivity (Wildman–Crippen MR) is 514 cm³/mol. The van der Waals surface area contributed by atoms with E-state index in [-0.39, 0.29) is 168 Å². The first-order valence-electron chi connectivity index (χ1n) is 45.8. The number of terminal acetylenes is 2. The fourth-order valence-electron chi connectivity index (χ4n) is 14.6. The molecule has 8 aromatic carbocycles. The molecule has 8 aromatic rings. The van der Waals surface area contributed by atoms with Crippen LogP contribution in [0.5, 0.6) is 34.5 Å². The van der Waals surface area contributed by atoms with E-state index in [1.165, 1.54) is 24.3 Å². The molecule has 34 heteroatoms. The number of phenols is 2. The first-order valence-corrected chi connectivity index (χ1v) is 45.8. The van der Waals surface area contributed by atoms with Crippen LogP contribution >= 0.6 is 0 Å². The molecule has 0 aliphatic carbocycles. The van der Waals surface area contributed by atoms with Crippen molar-refractivity contribution in [1.82, 2.24) is 21.3 Å². The summed E-state index contributed by atoms with van der Waals surface area (Å²) in [6.07, 6.45) is 5.43. The number of rotatable bonds is 68. The summed E-state index contributed by atoms with van der Waals surface area (Å²) in [6, 6.07) is 53.9. The van der Waals surface area contributed by atoms with Gasteiger partial charge in [-0.15, -0.1) is 12.8 Å². The summed E-state index contributed by atoms with van der Waals surface area (Å²) >= 11 is 0. The van der Waals surface area contributed by atoms with Crippen LogP contribution in [0.4, 0.5) is 0 Å². The Kier molecular flexibility index (Phi) is 50.4. The lowest BCUT2D eigenvalue weighted by atomic mass is 9.88. The molecular weight excluding hydrogens is 1810 g/mol. The number of phenolic OH excluding ortho intramolecular Hbond substituents is 2. The van der Waals surface area contributed by atoms with Crippen LogP contribution in [-0.4, -0.2) is 228 Å². The third-order valence-corrected chi connectivity index (χ3v) is 22.0. The van der Waals surface area contributed by atoms with Crippen LogP contribution in [0.3, 0.4) is 0 Å². The Morgan fingerprint density at radius 1 is 0.271 bits per heavy atom. The van der Waals surface area contributed by atoms with E-state index in [4.69, 9.17) is 62.2 Å². The smallest absolute Gasteiger partial charge is 0.305 e. The second-order valence-corrected chi connectivity index (χ2v) is 33.0. The lowest BCUT2D eigenvalue weighted by molar-refractivity contribution is -0.144. The number of nitrogens with two attached hydrogens (primary N) is 2. The number of carbonyl (C=O) groups is 14. The van der Waals surface area contributed by atoms with Crippen LogP contribution in [0.15, 0.2) is 218 Å². The largest absolute Gasteiger partial charge is 0.508 e. The summed E-state index contributed by atoms with van der Waals surface area (Å²) in [7, 11) is 0. The molecular formula is C106H122N6O28. The average molecular weight is 1930 g/mol. The molecule has 0 aliphatic heterocycles. The normalized spacial score (nSPS) is 13.0. The zero-order valence-corrected chi connectivity index (χ0v) is 77.7. The summed E-state index contributed by atoms with van der Waals surface area (Å²) in [5.74, 6) is -10.6. The Bertz CT molecular complexity index is 5000. The third-order valence-electron chi connectivity index (χ3n) is 22.0. The summed E-state index contributed by atoms with van der Waals surface area (Å²) in [5, 5.41) is 68.9. The molecule has 0 saturated carbocycles. The number of ether oxygens (including phenoxy) is 8. The number of amides is 4. The number of aliphatic carboxylic acids is 4. The molecule has 0 saturated heterocycles. The maximum Gasteiger partial charge on any atom is 0.305 e. The van der Waals surface area contributed by atoms with E-state index < -0.39 is 181 Å². The van der Waals surface area contributed by atoms with Crippen LogP contribution in [0.1, 0.15) is 110 Å². The first-order chi connectivity index (χ1) is 67.4. The maximum absolute atomic E-state index is 14.2. The van der Waals surface area contributed by atoms with Gasteiger partial charge in [0.25, 0.3) is 0 Å². The highest BCUT2D eigenvalue weighted by atomic mass is 16.6. The van der Waals surface area contributed by atoms with Gasteiger partial charge in [0, 0.05) is 63.6 Å². The number of carboxylic acid groups (broad SMARTS) is 4. The second kappa shape index (κ2) is 62.9. The van der Waals surface area contributed by atoms with Gasteiger partial charge in [-0.1, -0.05) is 157 Å². The Morgan fingerprint density at radius 3 is 0.829 bits per heavy atom. The summed E-state index contributed by atoms with van der Waals surface area (Å²) < 4.78 is 44.0. The zero-order valence-electron chi connectivity index (χ0n) is 77.7. The molecule has 0 spiro atoms. The highest BCUT2D eigenvalue weighted by molar-refractivity contribution is 6.00. The van der Waals surface area contributed by atoms with Gasteiger partial charge in [0.1, 0.15) is 60.9 Å². The van der Waals surface area contributed by atoms with Crippen molar-refractivity contribution in [3.63, 3.8) is 0 Å². The average Bonchev–Trinajstić information content (AvgIpc) is 0.844. The Balaban J connectivity index is 0.000000381. The van der Waals surface area contributed by atoms with Crippen molar-refractivity contribution >= 4 is 82.2 Å². The number of carbonyl (C=O) groups excluding carboxylic acids is 10. The lowest BCUT2D eigenvalue weighted by Crippen LogP contribution is -2.49. The van der Waals surface area contributed by atoms with E-state index in [1.54, 1.807) is 133 Å². The number of hydrogen-bond donors (Lipinski definition) is 12. The topological polar surface area (TPSA) is 534 Å². The van der Waals surface area contributed by atoms with Gasteiger partial charge in [-0.25, -0.2) is 0 Å². The number of hydrogen-bond acceptors (Lipinski definition) is 26. The van der Waals surface area contributed by atoms with Crippen molar-refractivity contribution < 1.29 is 136 Å². The number of carboxylic acids is 4. The summed E-state index contributed by atoms with van der Waals surface area (Å²) in [5.41, 5.74) is 16.8. The molecule has 14 N–H and O–H groups in total. The minimum absolute atomic E-state index is 0.00668. The minimum Gasteiger partial charge on any atom is -0.508 e. The SMILES string of the molecule is C#CCOc1ccc(OCCOCCOCCCC(=O)[C@H](CC(=O)O)NC(=O)[C@H](CC(=O)O)CC(=O)[C@H](Cc2ccccc2)NC(=O)[C@@H](CC(=O)[C@@H](N)Cc2ccccc2)Cc2ccc(O)cc2)cc1.C#CCOc1ccc(OCCOCCOCCCC(=O)[C@H](CC(=O)O)NC(=O)[C@H](CC(=O)O)CC(=O)[C@H](Cc2ccccc2)NC(=O)[C@@H](CC(=O)[C@@H](N)Cc2ccccc2)Cc2ccc(O)cc2)cc1.